The Labute approximate surface area is 198 Å². The summed E-state index contributed by atoms with van der Waals surface area (Å²) in [5, 5.41) is 6.20. The second kappa shape index (κ2) is 10.7. The number of carbonyl (C=O) groups is 2. The van der Waals surface area contributed by atoms with Gasteiger partial charge in [0.25, 0.3) is 5.91 Å². The van der Waals surface area contributed by atoms with Gasteiger partial charge in [-0.2, -0.15) is 0 Å². The van der Waals surface area contributed by atoms with E-state index in [-0.39, 0.29) is 5.56 Å². The van der Waals surface area contributed by atoms with Crippen molar-refractivity contribution in [3.05, 3.63) is 83.6 Å². The molecule has 0 bridgehead atoms. The van der Waals surface area contributed by atoms with Crippen LogP contribution in [-0.2, 0) is 9.53 Å². The van der Waals surface area contributed by atoms with Crippen LogP contribution in [0.2, 0.25) is 0 Å². The Morgan fingerprint density at radius 1 is 0.912 bits per heavy atom. The third kappa shape index (κ3) is 6.04. The molecule has 1 aliphatic rings. The Morgan fingerprint density at radius 3 is 1.97 bits per heavy atom. The molecule has 0 aliphatic heterocycles. The summed E-state index contributed by atoms with van der Waals surface area (Å²) in [6, 6.07) is 18.2. The molecule has 4 rings (SSSR count). The van der Waals surface area contributed by atoms with Gasteiger partial charge >= 0.3 is 5.97 Å². The van der Waals surface area contributed by atoms with Crippen molar-refractivity contribution in [2.45, 2.75) is 24.9 Å². The minimum atomic E-state index is -0.605. The van der Waals surface area contributed by atoms with Crippen LogP contribution in [0, 0.1) is 0 Å². The number of aromatic nitrogens is 1. The van der Waals surface area contributed by atoms with Gasteiger partial charge < -0.3 is 24.8 Å². The molecule has 1 aromatic heterocycles. The summed E-state index contributed by atoms with van der Waals surface area (Å²) < 4.78 is 15.7. The van der Waals surface area contributed by atoms with Crippen LogP contribution in [0.25, 0.3) is 0 Å². The smallest absolute Gasteiger partial charge is 0.340 e. The van der Waals surface area contributed by atoms with Gasteiger partial charge in [0.1, 0.15) is 17.3 Å². The highest BCUT2D eigenvalue weighted by atomic mass is 16.5. The summed E-state index contributed by atoms with van der Waals surface area (Å²) in [7, 11) is 3.19. The summed E-state index contributed by atoms with van der Waals surface area (Å²) in [6.07, 6.45) is 3.71. The molecule has 1 fully saturated rings. The van der Waals surface area contributed by atoms with Crippen LogP contribution in [0.1, 0.15) is 40.4 Å². The Morgan fingerprint density at radius 2 is 1.50 bits per heavy atom. The van der Waals surface area contributed by atoms with Crippen LogP contribution in [0.15, 0.2) is 66.9 Å². The van der Waals surface area contributed by atoms with Gasteiger partial charge in [-0.1, -0.05) is 24.3 Å². The summed E-state index contributed by atoms with van der Waals surface area (Å²) in [4.78, 5) is 29.3. The lowest BCUT2D eigenvalue weighted by Gasteiger charge is -2.20. The average molecular weight is 462 g/mol. The Hall–Kier alpha value is -4.07. The first-order chi connectivity index (χ1) is 16.6. The Balaban J connectivity index is 1.40. The number of carbonyl (C=O) groups excluding carboxylic acids is 2. The zero-order valence-electron chi connectivity index (χ0n) is 19.1. The van der Waals surface area contributed by atoms with Gasteiger partial charge in [-0.3, -0.25) is 4.79 Å². The number of benzene rings is 2. The van der Waals surface area contributed by atoms with Crippen molar-refractivity contribution in [3.63, 3.8) is 0 Å². The zero-order chi connectivity index (χ0) is 23.9. The van der Waals surface area contributed by atoms with Gasteiger partial charge in [0, 0.05) is 12.2 Å². The standard InChI is InChI=1S/C26H27N3O5/c1-32-21-10-3-17(4-11-21)25(18-5-12-22(33-2)13-6-18)29-24(30)16-34-26(31)19-7-14-23(27-15-19)28-20-8-9-20/h3-7,10-15,20,25H,8-9,16H2,1-2H3,(H,27,28)(H,29,30). The molecular weight excluding hydrogens is 434 g/mol. The SMILES string of the molecule is COc1ccc(C(NC(=O)COC(=O)c2ccc(NC3CC3)nc2)c2ccc(OC)cc2)cc1. The van der Waals surface area contributed by atoms with E-state index in [1.165, 1.54) is 6.20 Å². The van der Waals surface area contributed by atoms with E-state index >= 15 is 0 Å². The van der Waals surface area contributed by atoms with Gasteiger partial charge in [0.15, 0.2) is 6.61 Å². The highest BCUT2D eigenvalue weighted by Gasteiger charge is 2.22. The number of hydrogen-bond acceptors (Lipinski definition) is 7. The molecule has 2 N–H and O–H groups in total. The molecule has 34 heavy (non-hydrogen) atoms. The van der Waals surface area contributed by atoms with E-state index in [0.717, 1.165) is 29.8 Å². The first kappa shape index (κ1) is 23.1. The van der Waals surface area contributed by atoms with Crippen molar-refractivity contribution in [2.24, 2.45) is 0 Å². The number of nitrogens with zero attached hydrogens (tertiary/aromatic N) is 1. The average Bonchev–Trinajstić information content (AvgIpc) is 3.70. The van der Waals surface area contributed by atoms with E-state index in [1.807, 2.05) is 48.5 Å². The van der Waals surface area contributed by atoms with Crippen molar-refractivity contribution < 1.29 is 23.8 Å². The lowest BCUT2D eigenvalue weighted by molar-refractivity contribution is -0.124. The summed E-state index contributed by atoms with van der Waals surface area (Å²) >= 11 is 0. The third-order valence-electron chi connectivity index (χ3n) is 5.47. The molecule has 1 heterocycles. The third-order valence-corrected chi connectivity index (χ3v) is 5.47. The minimum Gasteiger partial charge on any atom is -0.497 e. The summed E-state index contributed by atoms with van der Waals surface area (Å²) in [5.74, 6) is 1.11. The molecule has 8 heteroatoms. The first-order valence-corrected chi connectivity index (χ1v) is 11.0. The molecule has 8 nitrogen and oxygen atoms in total. The van der Waals surface area contributed by atoms with E-state index in [1.54, 1.807) is 26.4 Å². The molecule has 176 valence electrons. The topological polar surface area (TPSA) is 98.8 Å². The Bertz CT molecular complexity index is 1060. The number of nitrogens with one attached hydrogen (secondary N) is 2. The monoisotopic (exact) mass is 461 g/mol. The second-order valence-electron chi connectivity index (χ2n) is 7.97. The molecule has 0 spiro atoms. The lowest BCUT2D eigenvalue weighted by Crippen LogP contribution is -2.33. The van der Waals surface area contributed by atoms with Crippen LogP contribution in [0.4, 0.5) is 5.82 Å². The van der Waals surface area contributed by atoms with Crippen LogP contribution >= 0.6 is 0 Å². The van der Waals surface area contributed by atoms with Crippen LogP contribution < -0.4 is 20.1 Å². The number of hydrogen-bond donors (Lipinski definition) is 2. The fraction of sp³-hybridized carbons (Fsp3) is 0.269. The van der Waals surface area contributed by atoms with Crippen molar-refractivity contribution in [1.29, 1.82) is 0 Å². The van der Waals surface area contributed by atoms with Gasteiger partial charge in [0.2, 0.25) is 0 Å². The molecule has 0 unspecified atom stereocenters. The number of amides is 1. The van der Waals surface area contributed by atoms with Gasteiger partial charge in [-0.25, -0.2) is 9.78 Å². The normalized spacial score (nSPS) is 12.7. The number of ether oxygens (including phenoxy) is 3. The molecule has 1 amide bonds. The highest BCUT2D eigenvalue weighted by molar-refractivity contribution is 5.91. The van der Waals surface area contributed by atoms with Crippen LogP contribution in [0.3, 0.4) is 0 Å². The van der Waals surface area contributed by atoms with Crippen LogP contribution in [0.5, 0.6) is 11.5 Å². The van der Waals surface area contributed by atoms with E-state index in [9.17, 15) is 9.59 Å². The predicted octanol–water partition coefficient (Wildman–Crippen LogP) is 3.74. The largest absolute Gasteiger partial charge is 0.497 e. The van der Waals surface area contributed by atoms with E-state index in [2.05, 4.69) is 15.6 Å². The number of methoxy groups -OCH3 is 2. The molecule has 0 saturated heterocycles. The van der Waals surface area contributed by atoms with Gasteiger partial charge in [0.05, 0.1) is 25.8 Å². The second-order valence-corrected chi connectivity index (χ2v) is 7.97. The first-order valence-electron chi connectivity index (χ1n) is 11.0. The van der Waals surface area contributed by atoms with Crippen LogP contribution in [-0.4, -0.2) is 43.7 Å². The number of rotatable bonds is 10. The van der Waals surface area contributed by atoms with E-state index in [0.29, 0.717) is 17.5 Å². The fourth-order valence-electron chi connectivity index (χ4n) is 3.41. The quantitative estimate of drug-likeness (QED) is 0.444. The van der Waals surface area contributed by atoms with Crippen molar-refractivity contribution in [3.8, 4) is 11.5 Å². The van der Waals surface area contributed by atoms with Gasteiger partial charge in [-0.05, 0) is 60.4 Å². The maximum absolute atomic E-state index is 12.7. The van der Waals surface area contributed by atoms with Crippen molar-refractivity contribution >= 4 is 17.7 Å². The lowest BCUT2D eigenvalue weighted by atomic mass is 9.98. The maximum Gasteiger partial charge on any atom is 0.340 e. The molecule has 3 aromatic rings. The van der Waals surface area contributed by atoms with E-state index < -0.39 is 24.5 Å². The minimum absolute atomic E-state index is 0.288. The fourth-order valence-corrected chi connectivity index (χ4v) is 3.41. The van der Waals surface area contributed by atoms with Crippen molar-refractivity contribution in [2.75, 3.05) is 26.1 Å². The number of esters is 1. The molecule has 1 aliphatic carbocycles. The van der Waals surface area contributed by atoms with Gasteiger partial charge in [-0.15, -0.1) is 0 Å². The molecule has 0 radical (unpaired) electrons. The molecule has 1 saturated carbocycles. The predicted molar refractivity (Wildman–Crippen MR) is 127 cm³/mol. The number of anilines is 1. The van der Waals surface area contributed by atoms with Crippen molar-refractivity contribution in [1.82, 2.24) is 10.3 Å². The van der Waals surface area contributed by atoms with E-state index in [4.69, 9.17) is 14.2 Å². The highest BCUT2D eigenvalue weighted by Crippen LogP contribution is 2.26. The number of pyridine rings is 1. The zero-order valence-corrected chi connectivity index (χ0v) is 19.1. The maximum atomic E-state index is 12.7. The molecular formula is C26H27N3O5. The summed E-state index contributed by atoms with van der Waals surface area (Å²) in [5.41, 5.74) is 2.00. The summed E-state index contributed by atoms with van der Waals surface area (Å²) in [6.45, 7) is -0.413. The molecule has 2 aromatic carbocycles. The Kier molecular flexibility index (Phi) is 7.27. The molecule has 0 atom stereocenters.